The lowest BCUT2D eigenvalue weighted by Gasteiger charge is -2.26. The summed E-state index contributed by atoms with van der Waals surface area (Å²) in [6.45, 7) is 2.81. The van der Waals surface area contributed by atoms with Crippen molar-refractivity contribution in [1.29, 1.82) is 0 Å². The Morgan fingerprint density at radius 1 is 0.778 bits per heavy atom. The van der Waals surface area contributed by atoms with Gasteiger partial charge in [-0.25, -0.2) is 0 Å². The molecule has 0 spiro atoms. The van der Waals surface area contributed by atoms with Crippen LogP contribution < -0.4 is 0 Å². The SMILES string of the molecule is CC1S/C(=C\O)C=C1C1=C(C2=C/C(=C/O)SC2C)C(F)(F)C(F)(F)C1(F)F. The fourth-order valence-electron chi connectivity index (χ4n) is 3.31. The van der Waals surface area contributed by atoms with Crippen LogP contribution in [0.15, 0.2) is 56.8 Å². The van der Waals surface area contributed by atoms with Crippen molar-refractivity contribution in [2.24, 2.45) is 0 Å². The zero-order chi connectivity index (χ0) is 20.4. The minimum Gasteiger partial charge on any atom is -0.514 e. The van der Waals surface area contributed by atoms with E-state index in [0.717, 1.165) is 35.7 Å². The molecule has 0 saturated carbocycles. The van der Waals surface area contributed by atoms with E-state index in [1.165, 1.54) is 13.8 Å². The number of rotatable bonds is 2. The number of hydrogen-bond donors (Lipinski definition) is 2. The summed E-state index contributed by atoms with van der Waals surface area (Å²) >= 11 is 1.79. The number of thioether (sulfide) groups is 2. The molecule has 2 aliphatic heterocycles. The van der Waals surface area contributed by atoms with Crippen molar-refractivity contribution in [3.63, 3.8) is 0 Å². The van der Waals surface area contributed by atoms with Crippen molar-refractivity contribution < 1.29 is 36.6 Å². The molecule has 0 aromatic heterocycles. The molecule has 1 aliphatic carbocycles. The zero-order valence-electron chi connectivity index (χ0n) is 13.9. The summed E-state index contributed by atoms with van der Waals surface area (Å²) < 4.78 is 86.9. The first-order chi connectivity index (χ1) is 12.4. The third-order valence-corrected chi connectivity index (χ3v) is 6.80. The molecule has 2 atom stereocenters. The molecule has 0 aromatic carbocycles. The largest absolute Gasteiger partial charge is 0.514 e. The third kappa shape index (κ3) is 2.66. The average Bonchev–Trinajstić information content (AvgIpc) is 3.16. The Balaban J connectivity index is 2.35. The van der Waals surface area contributed by atoms with Crippen LogP contribution in [0.1, 0.15) is 13.8 Å². The topological polar surface area (TPSA) is 40.5 Å². The van der Waals surface area contributed by atoms with Gasteiger partial charge in [-0.2, -0.15) is 26.3 Å². The second-order valence-electron chi connectivity index (χ2n) is 6.26. The first kappa shape index (κ1) is 20.3. The second kappa shape index (κ2) is 6.30. The van der Waals surface area contributed by atoms with E-state index in [0.29, 0.717) is 12.5 Å². The van der Waals surface area contributed by atoms with Gasteiger partial charge in [0.2, 0.25) is 0 Å². The highest BCUT2D eigenvalue weighted by Crippen LogP contribution is 2.65. The summed E-state index contributed by atoms with van der Waals surface area (Å²) in [5.41, 5.74) is -3.58. The van der Waals surface area contributed by atoms with Gasteiger partial charge >= 0.3 is 17.8 Å². The number of aliphatic hydroxyl groups is 2. The van der Waals surface area contributed by atoms with E-state index >= 15 is 0 Å². The van der Waals surface area contributed by atoms with Crippen molar-refractivity contribution in [1.82, 2.24) is 0 Å². The number of alkyl halides is 6. The smallest absolute Gasteiger partial charge is 0.380 e. The van der Waals surface area contributed by atoms with Crippen LogP contribution in [0.4, 0.5) is 26.3 Å². The van der Waals surface area contributed by atoms with Crippen LogP contribution in [0.5, 0.6) is 0 Å². The lowest BCUT2D eigenvalue weighted by molar-refractivity contribution is -0.264. The summed E-state index contributed by atoms with van der Waals surface area (Å²) in [4.78, 5) is 0.218. The van der Waals surface area contributed by atoms with Gasteiger partial charge in [0.15, 0.2) is 0 Å². The molecule has 2 heterocycles. The lowest BCUT2D eigenvalue weighted by Crippen LogP contribution is -2.49. The summed E-state index contributed by atoms with van der Waals surface area (Å²) in [7, 11) is 0. The van der Waals surface area contributed by atoms with E-state index in [4.69, 9.17) is 10.2 Å². The van der Waals surface area contributed by atoms with Crippen LogP contribution in [0.2, 0.25) is 0 Å². The Morgan fingerprint density at radius 3 is 1.37 bits per heavy atom. The van der Waals surface area contributed by atoms with Gasteiger partial charge < -0.3 is 10.2 Å². The van der Waals surface area contributed by atoms with Crippen molar-refractivity contribution in [3.05, 3.63) is 56.8 Å². The molecule has 148 valence electrons. The van der Waals surface area contributed by atoms with Crippen LogP contribution in [-0.4, -0.2) is 38.5 Å². The Labute approximate surface area is 159 Å². The molecule has 3 rings (SSSR count). The molecule has 0 aromatic rings. The Kier molecular flexibility index (Phi) is 4.74. The minimum absolute atomic E-state index is 0.109. The van der Waals surface area contributed by atoms with Gasteiger partial charge in [-0.3, -0.25) is 0 Å². The first-order valence-corrected chi connectivity index (χ1v) is 9.50. The molecular formula is C17H14F6O2S2. The van der Waals surface area contributed by atoms with Gasteiger partial charge in [-0.15, -0.1) is 23.5 Å². The predicted molar refractivity (Wildman–Crippen MR) is 93.6 cm³/mol. The fraction of sp³-hybridized carbons (Fsp3) is 0.412. The molecule has 0 radical (unpaired) electrons. The Hall–Kier alpha value is -1.42. The van der Waals surface area contributed by atoms with Crippen molar-refractivity contribution >= 4 is 23.5 Å². The summed E-state index contributed by atoms with van der Waals surface area (Å²) in [6, 6.07) is 0. The van der Waals surface area contributed by atoms with Crippen LogP contribution in [0.3, 0.4) is 0 Å². The summed E-state index contributed by atoms with van der Waals surface area (Å²) in [6.07, 6.45) is 3.26. The Bertz CT molecular complexity index is 772. The van der Waals surface area contributed by atoms with Gasteiger partial charge in [0.1, 0.15) is 0 Å². The van der Waals surface area contributed by atoms with Crippen LogP contribution in [0, 0.1) is 0 Å². The quantitative estimate of drug-likeness (QED) is 0.410. The lowest BCUT2D eigenvalue weighted by atomic mass is 9.91. The van der Waals surface area contributed by atoms with Gasteiger partial charge in [0.25, 0.3) is 0 Å². The van der Waals surface area contributed by atoms with E-state index in [1.54, 1.807) is 0 Å². The van der Waals surface area contributed by atoms with E-state index in [2.05, 4.69) is 0 Å². The maximum Gasteiger partial charge on any atom is 0.380 e. The van der Waals surface area contributed by atoms with E-state index in [9.17, 15) is 26.3 Å². The van der Waals surface area contributed by atoms with Gasteiger partial charge in [-0.1, -0.05) is 0 Å². The molecule has 0 saturated heterocycles. The standard InChI is InChI=1S/C17H14F6O2S2/c1-7-11(3-9(5-24)26-7)13-14(12-4-10(6-25)27-8(12)2)16(20,21)17(22,23)15(13,18)19/h3-8,24-25H,1-2H3/b9-5-,10-6-. The summed E-state index contributed by atoms with van der Waals surface area (Å²) in [5, 5.41) is 16.5. The van der Waals surface area contributed by atoms with Crippen LogP contribution in [-0.2, 0) is 0 Å². The normalized spacial score (nSPS) is 34.5. The molecule has 0 amide bonds. The minimum atomic E-state index is -5.61. The molecule has 2 N–H and O–H groups in total. The molecule has 27 heavy (non-hydrogen) atoms. The van der Waals surface area contributed by atoms with Gasteiger partial charge in [-0.05, 0) is 37.1 Å². The van der Waals surface area contributed by atoms with Crippen molar-refractivity contribution in [2.45, 2.75) is 42.1 Å². The predicted octanol–water partition coefficient (Wildman–Crippen LogP) is 6.12. The number of aliphatic hydroxyl groups excluding tert-OH is 2. The molecule has 3 aliphatic rings. The fourth-order valence-corrected chi connectivity index (χ4v) is 5.26. The molecule has 2 nitrogen and oxygen atoms in total. The van der Waals surface area contributed by atoms with E-state index < -0.39 is 39.4 Å². The maximum atomic E-state index is 14.6. The van der Waals surface area contributed by atoms with Gasteiger partial charge in [0.05, 0.1) is 12.5 Å². The zero-order valence-corrected chi connectivity index (χ0v) is 15.6. The monoisotopic (exact) mass is 428 g/mol. The van der Waals surface area contributed by atoms with Crippen LogP contribution >= 0.6 is 23.5 Å². The van der Waals surface area contributed by atoms with E-state index in [-0.39, 0.29) is 21.0 Å². The molecule has 10 heteroatoms. The van der Waals surface area contributed by atoms with Crippen LogP contribution in [0.25, 0.3) is 0 Å². The maximum absolute atomic E-state index is 14.6. The third-order valence-electron chi connectivity index (χ3n) is 4.60. The highest BCUT2D eigenvalue weighted by Gasteiger charge is 2.81. The molecule has 0 bridgehead atoms. The average molecular weight is 428 g/mol. The number of allylic oxidation sites excluding steroid dienone is 4. The molecule has 2 unspecified atom stereocenters. The van der Waals surface area contributed by atoms with Crippen molar-refractivity contribution in [3.8, 4) is 0 Å². The molecule has 0 fully saturated rings. The Morgan fingerprint density at radius 2 is 1.11 bits per heavy atom. The van der Waals surface area contributed by atoms with Crippen molar-refractivity contribution in [2.75, 3.05) is 0 Å². The number of halogens is 6. The summed E-state index contributed by atoms with van der Waals surface area (Å²) in [5.74, 6) is -15.8. The molecular weight excluding hydrogens is 414 g/mol. The highest BCUT2D eigenvalue weighted by atomic mass is 32.2. The number of hydrogen-bond acceptors (Lipinski definition) is 4. The van der Waals surface area contributed by atoms with Gasteiger partial charge in [0, 0.05) is 31.5 Å². The van der Waals surface area contributed by atoms with E-state index in [1.807, 2.05) is 0 Å². The highest BCUT2D eigenvalue weighted by molar-refractivity contribution is 8.04. The second-order valence-corrected chi connectivity index (χ2v) is 9.08. The first-order valence-electron chi connectivity index (χ1n) is 7.74.